The number of carbonyl (C=O) groups excluding carboxylic acids is 4. The lowest BCUT2D eigenvalue weighted by atomic mass is 9.56. The topological polar surface area (TPSA) is 153 Å². The third kappa shape index (κ3) is 4.36. The van der Waals surface area contributed by atoms with Gasteiger partial charge in [-0.1, -0.05) is 23.8 Å². The van der Waals surface area contributed by atoms with Gasteiger partial charge in [-0.3, -0.25) is 19.2 Å². The first-order valence-electron chi connectivity index (χ1n) is 15.1. The molecule has 2 heterocycles. The quantitative estimate of drug-likeness (QED) is 0.0782. The summed E-state index contributed by atoms with van der Waals surface area (Å²) in [6.07, 6.45) is 0.624. The zero-order valence-corrected chi connectivity index (χ0v) is 27.2. The van der Waals surface area contributed by atoms with Gasteiger partial charge >= 0.3 is 5.97 Å². The van der Waals surface area contributed by atoms with Gasteiger partial charge in [0.2, 0.25) is 17.6 Å². The molecule has 264 valence electrons. The van der Waals surface area contributed by atoms with E-state index in [0.29, 0.717) is 0 Å². The summed E-state index contributed by atoms with van der Waals surface area (Å²) in [5.74, 6) is -25.0. The van der Waals surface area contributed by atoms with Gasteiger partial charge in [0.05, 0.1) is 17.5 Å². The Hall–Kier alpha value is -5.02. The van der Waals surface area contributed by atoms with E-state index in [2.05, 4.69) is 0 Å². The Morgan fingerprint density at radius 2 is 1.43 bits per heavy atom. The number of aromatic hydroxyl groups is 2. The summed E-state index contributed by atoms with van der Waals surface area (Å²) in [6.45, 7) is 1.48. The van der Waals surface area contributed by atoms with E-state index in [4.69, 9.17) is 23.2 Å². The van der Waals surface area contributed by atoms with Gasteiger partial charge < -0.3 is 15.3 Å². The van der Waals surface area contributed by atoms with E-state index >= 15 is 8.78 Å². The number of phenolic OH excluding ortho intramolecular Hbond substituents is 1. The molecule has 1 saturated carbocycles. The number of fused-ring (bicyclic) bond motifs is 4. The molecule has 2 aliphatic carbocycles. The Kier molecular flexibility index (Phi) is 7.59. The number of allylic oxidation sites excluding steroid dienone is 2. The van der Waals surface area contributed by atoms with Crippen LogP contribution in [0.5, 0.6) is 11.5 Å². The number of aromatic carboxylic acids is 1. The minimum atomic E-state index is -2.73. The lowest BCUT2D eigenvalue weighted by molar-refractivity contribution is -0.125. The molecule has 3 N–H and O–H groups in total. The van der Waals surface area contributed by atoms with Crippen LogP contribution in [0.25, 0.3) is 0 Å². The van der Waals surface area contributed by atoms with Gasteiger partial charge in [-0.2, -0.15) is 0 Å². The summed E-state index contributed by atoms with van der Waals surface area (Å²) >= 11 is 14.2. The monoisotopic (exact) mass is 750 g/mol. The zero-order valence-electron chi connectivity index (χ0n) is 25.7. The highest BCUT2D eigenvalue weighted by atomic mass is 35.5. The molecule has 3 aromatic rings. The molecule has 0 spiro atoms. The smallest absolute Gasteiger partial charge is 0.339 e. The summed E-state index contributed by atoms with van der Waals surface area (Å²) in [4.78, 5) is 62.9. The highest BCUT2D eigenvalue weighted by Crippen LogP contribution is 2.66. The number of carboxylic acid groups (broad SMARTS) is 1. The molecule has 17 heteroatoms. The Balaban J connectivity index is 1.41. The third-order valence-corrected chi connectivity index (χ3v) is 11.7. The number of rotatable bonds is 4. The fraction of sp³-hybridized carbons (Fsp3) is 0.265. The number of aryl methyl sites for hydroxylation is 1. The Morgan fingerprint density at radius 1 is 0.804 bits per heavy atom. The average molecular weight is 751 g/mol. The molecular weight excluding hydrogens is 730 g/mol. The van der Waals surface area contributed by atoms with Crippen molar-refractivity contribution in [3.8, 4) is 11.5 Å². The van der Waals surface area contributed by atoms with Crippen molar-refractivity contribution in [2.75, 3.05) is 9.80 Å². The van der Waals surface area contributed by atoms with Crippen LogP contribution in [0.2, 0.25) is 0 Å². The normalized spacial score (nSPS) is 28.5. The number of imide groups is 2. The Labute approximate surface area is 293 Å². The van der Waals surface area contributed by atoms with Crippen molar-refractivity contribution in [3.05, 3.63) is 93.8 Å². The van der Waals surface area contributed by atoms with Gasteiger partial charge in [0.1, 0.15) is 22.7 Å². The van der Waals surface area contributed by atoms with Crippen LogP contribution in [-0.4, -0.2) is 54.7 Å². The molecule has 0 radical (unpaired) electrons. The van der Waals surface area contributed by atoms with Crippen molar-refractivity contribution < 1.29 is 61.2 Å². The van der Waals surface area contributed by atoms with E-state index in [9.17, 15) is 52.5 Å². The first kappa shape index (κ1) is 34.4. The molecule has 2 aliphatic heterocycles. The minimum absolute atomic E-state index is 0.114. The van der Waals surface area contributed by atoms with Crippen LogP contribution in [0.4, 0.5) is 33.3 Å². The zero-order chi connectivity index (χ0) is 37.2. The van der Waals surface area contributed by atoms with Crippen LogP contribution >= 0.6 is 23.2 Å². The van der Waals surface area contributed by atoms with Crippen LogP contribution in [0, 0.1) is 53.8 Å². The number of phenols is 2. The molecule has 10 nitrogen and oxygen atoms in total. The number of carbonyl (C=O) groups is 5. The van der Waals surface area contributed by atoms with Crippen molar-refractivity contribution in [2.24, 2.45) is 17.8 Å². The molecule has 4 amide bonds. The van der Waals surface area contributed by atoms with E-state index in [0.717, 1.165) is 23.1 Å². The fourth-order valence-electron chi connectivity index (χ4n) is 7.89. The van der Waals surface area contributed by atoms with Crippen LogP contribution < -0.4 is 9.80 Å². The van der Waals surface area contributed by atoms with Gasteiger partial charge in [-0.15, -0.1) is 23.2 Å². The lowest BCUT2D eigenvalue weighted by Crippen LogP contribution is -2.60. The van der Waals surface area contributed by atoms with Crippen molar-refractivity contribution in [1.82, 2.24) is 0 Å². The Morgan fingerprint density at radius 3 is 2.02 bits per heavy atom. The molecular formula is C34H21Cl2F5N2O8. The molecule has 0 aromatic heterocycles. The highest BCUT2D eigenvalue weighted by molar-refractivity contribution is 6.58. The van der Waals surface area contributed by atoms with Crippen LogP contribution in [0.15, 0.2) is 48.0 Å². The van der Waals surface area contributed by atoms with Crippen molar-refractivity contribution in [2.45, 2.75) is 35.4 Å². The number of anilines is 2. The number of alkyl halides is 2. The molecule has 3 fully saturated rings. The maximum absolute atomic E-state index is 15.2. The number of amides is 4. The van der Waals surface area contributed by atoms with E-state index in [-0.39, 0.29) is 39.5 Å². The van der Waals surface area contributed by atoms with Gasteiger partial charge in [-0.05, 0) is 55.0 Å². The first-order chi connectivity index (χ1) is 23.9. The van der Waals surface area contributed by atoms with Crippen LogP contribution in [0.3, 0.4) is 0 Å². The first-order valence-corrected chi connectivity index (χ1v) is 15.9. The Bertz CT molecular complexity index is 2190. The van der Waals surface area contributed by atoms with E-state index in [1.807, 2.05) is 0 Å². The molecule has 51 heavy (non-hydrogen) atoms. The molecule has 7 rings (SSSR count). The third-order valence-electron chi connectivity index (χ3n) is 10.2. The maximum Gasteiger partial charge on any atom is 0.339 e. The van der Waals surface area contributed by atoms with Gasteiger partial charge in [0.15, 0.2) is 33.0 Å². The molecule has 6 atom stereocenters. The van der Waals surface area contributed by atoms with Crippen LogP contribution in [-0.2, 0) is 19.2 Å². The number of halogens is 7. The van der Waals surface area contributed by atoms with Crippen molar-refractivity contribution >= 4 is 64.2 Å². The summed E-state index contributed by atoms with van der Waals surface area (Å²) in [6, 6.07) is 6.91. The second-order valence-corrected chi connectivity index (χ2v) is 14.0. The van der Waals surface area contributed by atoms with Crippen LogP contribution in [0.1, 0.15) is 40.2 Å². The summed E-state index contributed by atoms with van der Waals surface area (Å²) in [5.41, 5.74) is -2.05. The summed E-state index contributed by atoms with van der Waals surface area (Å²) in [7, 11) is 0. The maximum atomic E-state index is 15.2. The second kappa shape index (κ2) is 11.2. The summed E-state index contributed by atoms with van der Waals surface area (Å²) < 4.78 is 73.2. The second-order valence-electron chi connectivity index (χ2n) is 12.8. The molecule has 3 aromatic carbocycles. The average Bonchev–Trinajstić information content (AvgIpc) is 3.42. The van der Waals surface area contributed by atoms with Gasteiger partial charge in [0.25, 0.3) is 11.8 Å². The predicted octanol–water partition coefficient (Wildman–Crippen LogP) is 5.57. The highest BCUT2D eigenvalue weighted by Gasteiger charge is 2.77. The van der Waals surface area contributed by atoms with Crippen molar-refractivity contribution in [3.63, 3.8) is 0 Å². The van der Waals surface area contributed by atoms with Crippen molar-refractivity contribution in [1.29, 1.82) is 0 Å². The van der Waals surface area contributed by atoms with Gasteiger partial charge in [0, 0.05) is 12.0 Å². The molecule has 2 saturated heterocycles. The number of benzene rings is 3. The predicted molar refractivity (Wildman–Crippen MR) is 167 cm³/mol. The number of nitrogens with zero attached hydrogens (tertiary/aromatic N) is 2. The van der Waals surface area contributed by atoms with E-state index < -0.39 is 116 Å². The standard InChI is InChI=1S/C34H21Cl2F5N2O8/c1-11-8-12(2-7-18(11)44)21-14-5-6-16-20(29(47)42(28(16)46)13-3-4-15(30(48)49)19(45)9-13)17(14)10-33(35)31(50)43(32(51)34(21,33)36)27-25(40)23(38)22(37)24(39)26(27)41/h2-5,7-9,16-17,20-21,44-45H,6,10H2,1H3,(H,48,49). The molecule has 4 aliphatic rings. The fourth-order valence-corrected chi connectivity index (χ4v) is 8.83. The minimum Gasteiger partial charge on any atom is -0.508 e. The lowest BCUT2D eigenvalue weighted by Gasteiger charge is -2.50. The molecule has 6 unspecified atom stereocenters. The van der Waals surface area contributed by atoms with E-state index in [1.54, 1.807) is 0 Å². The number of carboxylic acids is 1. The van der Waals surface area contributed by atoms with Gasteiger partial charge in [-0.25, -0.2) is 36.5 Å². The number of hydrogen-bond acceptors (Lipinski definition) is 7. The van der Waals surface area contributed by atoms with E-state index in [1.165, 1.54) is 31.2 Å². The number of hydrogen-bond donors (Lipinski definition) is 3. The molecule has 0 bridgehead atoms. The SMILES string of the molecule is Cc1cc(C2C3=CCC4C(=O)N(c5ccc(C(=O)O)c(O)c5)C(=O)C4C3CC3(Cl)C(=O)N(c4c(F)c(F)c(F)c(F)c4F)C(=O)C23Cl)ccc1O. The largest absolute Gasteiger partial charge is 0.508 e. The summed E-state index contributed by atoms with van der Waals surface area (Å²) in [5, 5.41) is 29.8.